The Kier molecular flexibility index (Phi) is 6.83. The normalized spacial score (nSPS) is 9.00. The molecule has 0 heterocycles. The second kappa shape index (κ2) is 8.96. The second-order valence-corrected chi connectivity index (χ2v) is 4.24. The highest BCUT2D eigenvalue weighted by atomic mass is 16.2. The van der Waals surface area contributed by atoms with Crippen molar-refractivity contribution in [1.29, 1.82) is 15.8 Å². The minimum Gasteiger partial charge on any atom is -0.376 e. The molecule has 0 aliphatic carbocycles. The number of benzene rings is 1. The molecule has 1 rings (SSSR count). The highest BCUT2D eigenvalue weighted by Crippen LogP contribution is 2.09. The number of nitrogens with zero attached hydrogens (tertiary/aromatic N) is 4. The largest absolute Gasteiger partial charge is 0.376 e. The molecule has 0 fully saturated rings. The van der Waals surface area contributed by atoms with Gasteiger partial charge in [0.1, 0.15) is 0 Å². The Labute approximate surface area is 123 Å². The van der Waals surface area contributed by atoms with E-state index in [1.165, 1.54) is 4.90 Å². The van der Waals surface area contributed by atoms with Gasteiger partial charge in [-0.05, 0) is 18.2 Å². The maximum absolute atomic E-state index is 12.1. The molecule has 0 saturated heterocycles. The third-order valence-corrected chi connectivity index (χ3v) is 2.78. The van der Waals surface area contributed by atoms with Crippen molar-refractivity contribution in [1.82, 2.24) is 4.90 Å². The van der Waals surface area contributed by atoms with Crippen molar-refractivity contribution in [3.05, 3.63) is 29.8 Å². The summed E-state index contributed by atoms with van der Waals surface area (Å²) in [6.45, 7) is 0.694. The van der Waals surface area contributed by atoms with Gasteiger partial charge in [0, 0.05) is 18.8 Å². The molecule has 6 heteroatoms. The van der Waals surface area contributed by atoms with Gasteiger partial charge in [-0.15, -0.1) is 0 Å². The zero-order chi connectivity index (χ0) is 15.5. The summed E-state index contributed by atoms with van der Waals surface area (Å²) in [7, 11) is 0. The molecule has 0 atom stereocenters. The van der Waals surface area contributed by atoms with Crippen LogP contribution < -0.4 is 5.32 Å². The summed E-state index contributed by atoms with van der Waals surface area (Å²) in [5.74, 6) is -0.178. The summed E-state index contributed by atoms with van der Waals surface area (Å²) in [5.41, 5.74) is 1.20. The van der Waals surface area contributed by atoms with E-state index in [0.717, 1.165) is 0 Å². The van der Waals surface area contributed by atoms with Gasteiger partial charge in [0.05, 0.1) is 43.2 Å². The first-order valence-corrected chi connectivity index (χ1v) is 6.47. The molecule has 0 spiro atoms. The van der Waals surface area contributed by atoms with Gasteiger partial charge in [-0.1, -0.05) is 6.07 Å². The van der Waals surface area contributed by atoms with Crippen LogP contribution in [-0.4, -0.2) is 30.4 Å². The smallest absolute Gasteiger partial charge is 0.241 e. The Balaban J connectivity index is 2.58. The minimum absolute atomic E-state index is 0.0612. The van der Waals surface area contributed by atoms with E-state index in [0.29, 0.717) is 24.3 Å². The van der Waals surface area contributed by atoms with E-state index in [1.807, 2.05) is 18.2 Å². The molecule has 0 unspecified atom stereocenters. The van der Waals surface area contributed by atoms with E-state index in [1.54, 1.807) is 24.3 Å². The molecule has 0 aromatic heterocycles. The van der Waals surface area contributed by atoms with Gasteiger partial charge in [-0.2, -0.15) is 15.8 Å². The van der Waals surface area contributed by atoms with Crippen LogP contribution in [0.3, 0.4) is 0 Å². The van der Waals surface area contributed by atoms with Crippen molar-refractivity contribution >= 4 is 11.6 Å². The number of rotatable bonds is 7. The maximum Gasteiger partial charge on any atom is 0.241 e. The number of anilines is 1. The topological polar surface area (TPSA) is 104 Å². The summed E-state index contributed by atoms with van der Waals surface area (Å²) in [5, 5.41) is 28.9. The molecule has 0 radical (unpaired) electrons. The minimum atomic E-state index is -0.178. The lowest BCUT2D eigenvalue weighted by atomic mass is 10.2. The van der Waals surface area contributed by atoms with E-state index >= 15 is 0 Å². The third kappa shape index (κ3) is 5.63. The van der Waals surface area contributed by atoms with Crippen LogP contribution in [0.1, 0.15) is 18.4 Å². The van der Waals surface area contributed by atoms with Crippen molar-refractivity contribution in [3.63, 3.8) is 0 Å². The van der Waals surface area contributed by atoms with Crippen LogP contribution in [0.5, 0.6) is 0 Å². The van der Waals surface area contributed by atoms with Gasteiger partial charge in [0.2, 0.25) is 5.91 Å². The Bertz CT molecular complexity index is 588. The number of amides is 1. The van der Waals surface area contributed by atoms with Crippen LogP contribution in [0, 0.1) is 34.0 Å². The predicted molar refractivity (Wildman–Crippen MR) is 76.7 cm³/mol. The van der Waals surface area contributed by atoms with Crippen LogP contribution in [0.4, 0.5) is 5.69 Å². The molecule has 1 aromatic rings. The Morgan fingerprint density at radius 1 is 1.14 bits per heavy atom. The first-order valence-electron chi connectivity index (χ1n) is 6.47. The van der Waals surface area contributed by atoms with Crippen molar-refractivity contribution in [2.45, 2.75) is 12.8 Å². The van der Waals surface area contributed by atoms with Gasteiger partial charge in [-0.25, -0.2) is 0 Å². The fourth-order valence-electron chi connectivity index (χ4n) is 1.72. The van der Waals surface area contributed by atoms with Crippen LogP contribution >= 0.6 is 0 Å². The molecule has 1 aromatic carbocycles. The lowest BCUT2D eigenvalue weighted by molar-refractivity contribution is -0.129. The Morgan fingerprint density at radius 2 is 1.81 bits per heavy atom. The van der Waals surface area contributed by atoms with Gasteiger partial charge in [0.15, 0.2) is 0 Å². The molecule has 21 heavy (non-hydrogen) atoms. The number of hydrogen-bond donors (Lipinski definition) is 1. The number of nitrogens with one attached hydrogen (secondary N) is 1. The van der Waals surface area contributed by atoms with E-state index in [9.17, 15) is 4.79 Å². The van der Waals surface area contributed by atoms with Crippen molar-refractivity contribution in [2.24, 2.45) is 0 Å². The van der Waals surface area contributed by atoms with E-state index in [2.05, 4.69) is 5.32 Å². The lowest BCUT2D eigenvalue weighted by Crippen LogP contribution is -2.36. The summed E-state index contributed by atoms with van der Waals surface area (Å²) in [6, 6.07) is 12.8. The predicted octanol–water partition coefficient (Wildman–Crippen LogP) is 1.63. The number of nitriles is 3. The molecule has 0 aliphatic rings. The molecule has 0 aliphatic heterocycles. The van der Waals surface area contributed by atoms with Gasteiger partial charge in [0.25, 0.3) is 0 Å². The van der Waals surface area contributed by atoms with Crippen LogP contribution in [0.25, 0.3) is 0 Å². The lowest BCUT2D eigenvalue weighted by Gasteiger charge is -2.20. The number of hydrogen-bond acceptors (Lipinski definition) is 5. The Hall–Kier alpha value is -3.04. The van der Waals surface area contributed by atoms with Gasteiger partial charge >= 0.3 is 0 Å². The fourth-order valence-corrected chi connectivity index (χ4v) is 1.72. The third-order valence-electron chi connectivity index (χ3n) is 2.78. The monoisotopic (exact) mass is 281 g/mol. The fraction of sp³-hybridized carbons (Fsp3) is 0.333. The molecule has 1 amide bonds. The highest BCUT2D eigenvalue weighted by molar-refractivity contribution is 5.81. The molecule has 0 saturated carbocycles. The number of carbonyl (C=O) groups is 1. The van der Waals surface area contributed by atoms with Gasteiger partial charge in [-0.3, -0.25) is 4.79 Å². The van der Waals surface area contributed by atoms with E-state index in [4.69, 9.17) is 15.8 Å². The standard InChI is InChI=1S/C15H15N5O/c16-6-2-8-20(9-3-7-17)15(21)12-19-14-5-1-4-13(10-14)11-18/h1,4-5,10,19H,2-3,8-9,12H2. The summed E-state index contributed by atoms with van der Waals surface area (Å²) in [6.07, 6.45) is 0.474. The molecule has 6 nitrogen and oxygen atoms in total. The Morgan fingerprint density at radius 3 is 2.38 bits per heavy atom. The molecule has 106 valence electrons. The maximum atomic E-state index is 12.1. The van der Waals surface area contributed by atoms with Crippen molar-refractivity contribution in [3.8, 4) is 18.2 Å². The van der Waals surface area contributed by atoms with Gasteiger partial charge < -0.3 is 10.2 Å². The first kappa shape index (κ1) is 16.0. The van der Waals surface area contributed by atoms with Crippen LogP contribution in [-0.2, 0) is 4.79 Å². The summed E-state index contributed by atoms with van der Waals surface area (Å²) in [4.78, 5) is 13.6. The SMILES string of the molecule is N#CCCN(CCC#N)C(=O)CNc1cccc(C#N)c1. The molecule has 1 N–H and O–H groups in total. The summed E-state index contributed by atoms with van der Waals surface area (Å²) < 4.78 is 0. The highest BCUT2D eigenvalue weighted by Gasteiger charge is 2.12. The number of carbonyl (C=O) groups excluding carboxylic acids is 1. The second-order valence-electron chi connectivity index (χ2n) is 4.24. The first-order chi connectivity index (χ1) is 10.2. The van der Waals surface area contributed by atoms with Crippen LogP contribution in [0.15, 0.2) is 24.3 Å². The van der Waals surface area contributed by atoms with E-state index < -0.39 is 0 Å². The average molecular weight is 281 g/mol. The summed E-state index contributed by atoms with van der Waals surface area (Å²) >= 11 is 0. The van der Waals surface area contributed by atoms with Crippen LogP contribution in [0.2, 0.25) is 0 Å². The molecular formula is C15H15N5O. The molecular weight excluding hydrogens is 266 g/mol. The average Bonchev–Trinajstić information content (AvgIpc) is 2.53. The van der Waals surface area contributed by atoms with Crippen molar-refractivity contribution < 1.29 is 4.79 Å². The zero-order valence-electron chi connectivity index (χ0n) is 11.5. The van der Waals surface area contributed by atoms with Crippen molar-refractivity contribution in [2.75, 3.05) is 25.0 Å². The zero-order valence-corrected chi connectivity index (χ0v) is 11.5. The van der Waals surface area contributed by atoms with E-state index in [-0.39, 0.29) is 25.3 Å². The quantitative estimate of drug-likeness (QED) is 0.817. The molecule has 0 bridgehead atoms.